The minimum atomic E-state index is -0.154. The molecule has 37 heavy (non-hydrogen) atoms. The molecule has 0 spiro atoms. The SMILES string of the molecule is Cc1cc([C@H]2[C@H](c3ccccn3)NC(=S)N2CCC(=O)Nc2ccccc2)c(C)n1-c1cccc(Cl)c1. The number of nitrogens with one attached hydrogen (secondary N) is 2. The molecule has 188 valence electrons. The second-order valence-corrected chi connectivity index (χ2v) is 9.95. The summed E-state index contributed by atoms with van der Waals surface area (Å²) in [5.41, 5.74) is 6.00. The van der Waals surface area contributed by atoms with E-state index in [1.165, 1.54) is 0 Å². The third-order valence-electron chi connectivity index (χ3n) is 6.69. The van der Waals surface area contributed by atoms with E-state index in [0.29, 0.717) is 23.1 Å². The zero-order chi connectivity index (χ0) is 25.9. The second kappa shape index (κ2) is 10.7. The van der Waals surface area contributed by atoms with Crippen molar-refractivity contribution in [3.8, 4) is 5.69 Å². The Labute approximate surface area is 227 Å². The number of amides is 1. The summed E-state index contributed by atoms with van der Waals surface area (Å²) in [5.74, 6) is -0.0570. The Balaban J connectivity index is 1.48. The van der Waals surface area contributed by atoms with Gasteiger partial charge in [0.05, 0.1) is 17.8 Å². The molecule has 1 saturated heterocycles. The number of aryl methyl sites for hydroxylation is 1. The molecule has 3 heterocycles. The number of anilines is 1. The highest BCUT2D eigenvalue weighted by molar-refractivity contribution is 7.80. The first-order valence-electron chi connectivity index (χ1n) is 12.2. The maximum absolute atomic E-state index is 12.8. The number of para-hydroxylation sites is 1. The van der Waals surface area contributed by atoms with Crippen molar-refractivity contribution in [1.82, 2.24) is 19.8 Å². The third kappa shape index (κ3) is 5.24. The molecule has 5 rings (SSSR count). The monoisotopic (exact) mass is 529 g/mol. The molecule has 2 N–H and O–H groups in total. The fourth-order valence-corrected chi connectivity index (χ4v) is 5.57. The summed E-state index contributed by atoms with van der Waals surface area (Å²) in [5, 5.41) is 7.75. The zero-order valence-corrected chi connectivity index (χ0v) is 22.3. The smallest absolute Gasteiger partial charge is 0.226 e. The number of aromatic nitrogens is 2. The molecule has 6 nitrogen and oxygen atoms in total. The molecule has 1 amide bonds. The number of hydrogen-bond donors (Lipinski definition) is 2. The van der Waals surface area contributed by atoms with Gasteiger partial charge in [-0.1, -0.05) is 41.9 Å². The molecule has 0 saturated carbocycles. The van der Waals surface area contributed by atoms with Gasteiger partial charge in [-0.2, -0.15) is 0 Å². The van der Waals surface area contributed by atoms with Crippen LogP contribution in [0.4, 0.5) is 5.69 Å². The number of carbonyl (C=O) groups excluding carboxylic acids is 1. The van der Waals surface area contributed by atoms with E-state index < -0.39 is 0 Å². The van der Waals surface area contributed by atoms with Crippen LogP contribution in [0, 0.1) is 13.8 Å². The van der Waals surface area contributed by atoms with Crippen molar-refractivity contribution in [2.75, 3.05) is 11.9 Å². The van der Waals surface area contributed by atoms with Crippen molar-refractivity contribution >= 4 is 40.5 Å². The van der Waals surface area contributed by atoms with Crippen molar-refractivity contribution in [3.63, 3.8) is 0 Å². The van der Waals surface area contributed by atoms with Gasteiger partial charge < -0.3 is 20.1 Å². The number of thiocarbonyl (C=S) groups is 1. The van der Waals surface area contributed by atoms with Crippen LogP contribution in [0.1, 0.15) is 41.1 Å². The highest BCUT2D eigenvalue weighted by atomic mass is 35.5. The molecule has 2 atom stereocenters. The van der Waals surface area contributed by atoms with E-state index in [4.69, 9.17) is 23.8 Å². The van der Waals surface area contributed by atoms with Crippen LogP contribution >= 0.6 is 23.8 Å². The van der Waals surface area contributed by atoms with Crippen molar-refractivity contribution in [2.45, 2.75) is 32.4 Å². The lowest BCUT2D eigenvalue weighted by Gasteiger charge is -2.28. The largest absolute Gasteiger partial charge is 0.352 e. The van der Waals surface area contributed by atoms with E-state index in [1.54, 1.807) is 6.20 Å². The lowest BCUT2D eigenvalue weighted by molar-refractivity contribution is -0.116. The van der Waals surface area contributed by atoms with E-state index in [1.807, 2.05) is 66.7 Å². The number of pyridine rings is 1. The van der Waals surface area contributed by atoms with Crippen molar-refractivity contribution in [3.05, 3.63) is 113 Å². The summed E-state index contributed by atoms with van der Waals surface area (Å²) >= 11 is 12.1. The lowest BCUT2D eigenvalue weighted by atomic mass is 9.96. The van der Waals surface area contributed by atoms with E-state index in [2.05, 4.69) is 51.1 Å². The first-order chi connectivity index (χ1) is 17.9. The minimum absolute atomic E-state index is 0.0570. The molecule has 1 fully saturated rings. The molecule has 0 unspecified atom stereocenters. The number of benzene rings is 2. The number of carbonyl (C=O) groups is 1. The molecule has 1 aliphatic rings. The lowest BCUT2D eigenvalue weighted by Crippen LogP contribution is -2.32. The average Bonchev–Trinajstić information content (AvgIpc) is 3.38. The molecule has 1 aliphatic heterocycles. The quantitative estimate of drug-likeness (QED) is 0.281. The summed E-state index contributed by atoms with van der Waals surface area (Å²) < 4.78 is 2.21. The van der Waals surface area contributed by atoms with Gasteiger partial charge >= 0.3 is 0 Å². The first-order valence-corrected chi connectivity index (χ1v) is 13.0. The molecule has 0 aliphatic carbocycles. The zero-order valence-electron chi connectivity index (χ0n) is 20.7. The van der Waals surface area contributed by atoms with Gasteiger partial charge in [-0.15, -0.1) is 0 Å². The fraction of sp³-hybridized carbons (Fsp3) is 0.207. The van der Waals surface area contributed by atoms with Crippen LogP contribution < -0.4 is 10.6 Å². The Kier molecular flexibility index (Phi) is 7.26. The maximum atomic E-state index is 12.8. The van der Waals surface area contributed by atoms with Gasteiger partial charge in [-0.25, -0.2) is 0 Å². The van der Waals surface area contributed by atoms with E-state index >= 15 is 0 Å². The van der Waals surface area contributed by atoms with Crippen LogP contribution in [-0.4, -0.2) is 32.0 Å². The van der Waals surface area contributed by atoms with E-state index in [0.717, 1.165) is 34.0 Å². The third-order valence-corrected chi connectivity index (χ3v) is 7.28. The standard InChI is InChI=1S/C29H28ClN5OS/c1-19-17-24(20(2)35(19)23-12-8-9-21(30)18-23)28-27(25-13-6-7-15-31-25)33-29(37)34(28)16-14-26(36)32-22-10-4-3-5-11-22/h3-13,15,17-18,27-28H,14,16H2,1-2H3,(H,32,36)(H,33,37)/t27-,28-/m0/s1. The van der Waals surface area contributed by atoms with Crippen LogP contribution in [-0.2, 0) is 4.79 Å². The molecular formula is C29H28ClN5OS. The van der Waals surface area contributed by atoms with Crippen molar-refractivity contribution in [1.29, 1.82) is 0 Å². The van der Waals surface area contributed by atoms with Crippen LogP contribution in [0.3, 0.4) is 0 Å². The van der Waals surface area contributed by atoms with Crippen LogP contribution in [0.25, 0.3) is 5.69 Å². The van der Waals surface area contributed by atoms with E-state index in [9.17, 15) is 4.79 Å². The van der Waals surface area contributed by atoms with Gasteiger partial charge in [0.15, 0.2) is 5.11 Å². The fourth-order valence-electron chi connectivity index (χ4n) is 5.05. The van der Waals surface area contributed by atoms with Gasteiger partial charge in [-0.05, 0) is 80.2 Å². The first kappa shape index (κ1) is 25.0. The predicted molar refractivity (Wildman–Crippen MR) is 152 cm³/mol. The summed E-state index contributed by atoms with van der Waals surface area (Å²) in [4.78, 5) is 19.5. The molecular weight excluding hydrogens is 502 g/mol. The number of nitrogens with zero attached hydrogens (tertiary/aromatic N) is 3. The predicted octanol–water partition coefficient (Wildman–Crippen LogP) is 6.14. The topological polar surface area (TPSA) is 62.2 Å². The summed E-state index contributed by atoms with van der Waals surface area (Å²) in [6.45, 7) is 4.67. The highest BCUT2D eigenvalue weighted by Crippen LogP contribution is 2.41. The molecule has 0 radical (unpaired) electrons. The molecule has 8 heteroatoms. The molecule has 4 aromatic rings. The van der Waals surface area contributed by atoms with Gasteiger partial charge in [0.2, 0.25) is 5.91 Å². The van der Waals surface area contributed by atoms with Gasteiger partial charge in [-0.3, -0.25) is 9.78 Å². The minimum Gasteiger partial charge on any atom is -0.352 e. The van der Waals surface area contributed by atoms with Crippen LogP contribution in [0.2, 0.25) is 5.02 Å². The van der Waals surface area contributed by atoms with Crippen molar-refractivity contribution < 1.29 is 4.79 Å². The average molecular weight is 530 g/mol. The Morgan fingerprint density at radius 1 is 1.05 bits per heavy atom. The summed E-state index contributed by atoms with van der Waals surface area (Å²) in [6, 6.07) is 25.1. The van der Waals surface area contributed by atoms with Gasteiger partial charge in [0.25, 0.3) is 0 Å². The number of hydrogen-bond acceptors (Lipinski definition) is 3. The number of rotatable bonds is 7. The molecule has 0 bridgehead atoms. The Morgan fingerprint density at radius 2 is 1.84 bits per heavy atom. The van der Waals surface area contributed by atoms with Crippen LogP contribution in [0.5, 0.6) is 0 Å². The Bertz CT molecular complexity index is 1420. The highest BCUT2D eigenvalue weighted by Gasteiger charge is 2.41. The van der Waals surface area contributed by atoms with Crippen molar-refractivity contribution in [2.24, 2.45) is 0 Å². The van der Waals surface area contributed by atoms with Crippen LogP contribution in [0.15, 0.2) is 85.1 Å². The normalized spacial score (nSPS) is 17.1. The van der Waals surface area contributed by atoms with E-state index in [-0.39, 0.29) is 18.0 Å². The number of halogens is 1. The molecule has 2 aromatic heterocycles. The Morgan fingerprint density at radius 3 is 2.57 bits per heavy atom. The summed E-state index contributed by atoms with van der Waals surface area (Å²) in [6.07, 6.45) is 2.09. The Hall–Kier alpha value is -3.68. The van der Waals surface area contributed by atoms with Gasteiger partial charge in [0.1, 0.15) is 0 Å². The molecule has 2 aromatic carbocycles. The van der Waals surface area contributed by atoms with Gasteiger partial charge in [0, 0.05) is 46.9 Å². The maximum Gasteiger partial charge on any atom is 0.226 e. The second-order valence-electron chi connectivity index (χ2n) is 9.13. The summed E-state index contributed by atoms with van der Waals surface area (Å²) in [7, 11) is 0.